The molecule has 6 heteroatoms. The predicted octanol–water partition coefficient (Wildman–Crippen LogP) is 1.06. The lowest BCUT2D eigenvalue weighted by Crippen LogP contribution is -2.43. The van der Waals surface area contributed by atoms with E-state index in [1.165, 1.54) is 10.7 Å². The summed E-state index contributed by atoms with van der Waals surface area (Å²) in [6.45, 7) is 3.69. The molecular formula is C16H19N3O3. The number of fused-ring (bicyclic) bond motifs is 1. The smallest absolute Gasteiger partial charge is 0.266 e. The Labute approximate surface area is 128 Å². The molecule has 0 spiro atoms. The molecule has 1 N–H and O–H groups in total. The molecule has 22 heavy (non-hydrogen) atoms. The molecule has 1 aliphatic heterocycles. The second-order valence-electron chi connectivity index (χ2n) is 5.35. The van der Waals surface area contributed by atoms with Gasteiger partial charge >= 0.3 is 0 Å². The molecule has 2 unspecified atom stereocenters. The summed E-state index contributed by atoms with van der Waals surface area (Å²) >= 11 is 0. The van der Waals surface area contributed by atoms with Crippen LogP contribution in [0.1, 0.15) is 6.92 Å². The van der Waals surface area contributed by atoms with Crippen LogP contribution >= 0.6 is 0 Å². The lowest BCUT2D eigenvalue weighted by Gasteiger charge is -2.27. The van der Waals surface area contributed by atoms with Crippen LogP contribution in [-0.4, -0.2) is 35.1 Å². The van der Waals surface area contributed by atoms with Gasteiger partial charge in [-0.1, -0.05) is 12.1 Å². The van der Waals surface area contributed by atoms with Crippen molar-refractivity contribution in [1.82, 2.24) is 15.1 Å². The molecule has 2 heterocycles. The molecule has 0 saturated carbocycles. The molecule has 0 fully saturated rings. The SMILES string of the molecule is CC(Cn1ncccc1=O)NCC1COc2ccccc2O1. The third kappa shape index (κ3) is 3.46. The van der Waals surface area contributed by atoms with Gasteiger partial charge < -0.3 is 14.8 Å². The largest absolute Gasteiger partial charge is 0.486 e. The van der Waals surface area contributed by atoms with E-state index in [9.17, 15) is 4.79 Å². The quantitative estimate of drug-likeness (QED) is 0.894. The molecule has 2 atom stereocenters. The van der Waals surface area contributed by atoms with Crippen molar-refractivity contribution < 1.29 is 9.47 Å². The number of para-hydroxylation sites is 2. The minimum atomic E-state index is -0.0951. The number of nitrogens with zero attached hydrogens (tertiary/aromatic N) is 2. The predicted molar refractivity (Wildman–Crippen MR) is 82.3 cm³/mol. The monoisotopic (exact) mass is 301 g/mol. The van der Waals surface area contributed by atoms with E-state index in [4.69, 9.17) is 9.47 Å². The first-order valence-corrected chi connectivity index (χ1v) is 7.36. The number of hydrogen-bond acceptors (Lipinski definition) is 5. The van der Waals surface area contributed by atoms with Crippen molar-refractivity contribution >= 4 is 0 Å². The minimum absolute atomic E-state index is 0.0437. The summed E-state index contributed by atoms with van der Waals surface area (Å²) in [7, 11) is 0. The van der Waals surface area contributed by atoms with E-state index < -0.39 is 0 Å². The number of hydrogen-bond donors (Lipinski definition) is 1. The Morgan fingerprint density at radius 1 is 1.32 bits per heavy atom. The fraction of sp³-hybridized carbons (Fsp3) is 0.375. The van der Waals surface area contributed by atoms with Crippen LogP contribution in [0.2, 0.25) is 0 Å². The summed E-state index contributed by atoms with van der Waals surface area (Å²) in [4.78, 5) is 11.6. The Balaban J connectivity index is 1.51. The maximum atomic E-state index is 11.6. The number of ether oxygens (including phenoxy) is 2. The molecule has 3 rings (SSSR count). The second kappa shape index (κ2) is 6.62. The van der Waals surface area contributed by atoms with Gasteiger partial charge in [-0.3, -0.25) is 4.79 Å². The number of rotatable bonds is 5. The third-order valence-electron chi connectivity index (χ3n) is 3.49. The molecular weight excluding hydrogens is 282 g/mol. The standard InChI is InChI=1S/C16H19N3O3/c1-12(10-19-16(20)7-4-8-18-19)17-9-13-11-21-14-5-2-3-6-15(14)22-13/h2-8,12-13,17H,9-11H2,1H3. The molecule has 1 aliphatic rings. The first-order chi connectivity index (χ1) is 10.7. The summed E-state index contributed by atoms with van der Waals surface area (Å²) in [5.74, 6) is 1.56. The van der Waals surface area contributed by atoms with Crippen LogP contribution < -0.4 is 20.3 Å². The molecule has 1 aromatic carbocycles. The zero-order valence-corrected chi connectivity index (χ0v) is 12.4. The van der Waals surface area contributed by atoms with Crippen LogP contribution in [0, 0.1) is 0 Å². The van der Waals surface area contributed by atoms with Crippen molar-refractivity contribution in [2.24, 2.45) is 0 Å². The van der Waals surface area contributed by atoms with E-state index in [2.05, 4.69) is 10.4 Å². The van der Waals surface area contributed by atoms with Gasteiger partial charge in [0.2, 0.25) is 0 Å². The Morgan fingerprint density at radius 2 is 2.14 bits per heavy atom. The van der Waals surface area contributed by atoms with Gasteiger partial charge in [0, 0.05) is 24.8 Å². The van der Waals surface area contributed by atoms with Gasteiger partial charge in [-0.05, 0) is 25.1 Å². The lowest BCUT2D eigenvalue weighted by atomic mass is 10.2. The van der Waals surface area contributed by atoms with E-state index in [1.807, 2.05) is 31.2 Å². The van der Waals surface area contributed by atoms with Crippen molar-refractivity contribution in [2.75, 3.05) is 13.2 Å². The maximum Gasteiger partial charge on any atom is 0.266 e. The fourth-order valence-corrected chi connectivity index (χ4v) is 2.34. The van der Waals surface area contributed by atoms with Crippen LogP contribution in [0.3, 0.4) is 0 Å². The van der Waals surface area contributed by atoms with E-state index in [0.717, 1.165) is 11.5 Å². The molecule has 1 aromatic heterocycles. The first-order valence-electron chi connectivity index (χ1n) is 7.36. The average molecular weight is 301 g/mol. The Hall–Kier alpha value is -2.34. The van der Waals surface area contributed by atoms with Gasteiger partial charge in [0.15, 0.2) is 11.5 Å². The van der Waals surface area contributed by atoms with Crippen molar-refractivity contribution in [3.8, 4) is 11.5 Å². The van der Waals surface area contributed by atoms with Gasteiger partial charge in [0.05, 0.1) is 6.54 Å². The summed E-state index contributed by atoms with van der Waals surface area (Å²) < 4.78 is 13.0. The summed E-state index contributed by atoms with van der Waals surface area (Å²) in [5, 5.41) is 7.41. The Bertz CT molecular complexity index is 686. The molecule has 116 valence electrons. The highest BCUT2D eigenvalue weighted by molar-refractivity contribution is 5.40. The van der Waals surface area contributed by atoms with Gasteiger partial charge in [-0.25, -0.2) is 4.68 Å². The normalized spacial score (nSPS) is 18.0. The third-order valence-corrected chi connectivity index (χ3v) is 3.49. The maximum absolute atomic E-state index is 11.6. The number of benzene rings is 1. The summed E-state index contributed by atoms with van der Waals surface area (Å²) in [6.07, 6.45) is 1.57. The van der Waals surface area contributed by atoms with Crippen molar-refractivity contribution in [2.45, 2.75) is 25.6 Å². The zero-order chi connectivity index (χ0) is 15.4. The van der Waals surface area contributed by atoms with Crippen LogP contribution in [-0.2, 0) is 6.54 Å². The minimum Gasteiger partial charge on any atom is -0.486 e. The number of aromatic nitrogens is 2. The van der Waals surface area contributed by atoms with Crippen molar-refractivity contribution in [1.29, 1.82) is 0 Å². The van der Waals surface area contributed by atoms with Crippen LogP contribution in [0.4, 0.5) is 0 Å². The molecule has 2 aromatic rings. The van der Waals surface area contributed by atoms with Gasteiger partial charge in [0.25, 0.3) is 5.56 Å². The molecule has 0 aliphatic carbocycles. The van der Waals surface area contributed by atoms with Gasteiger partial charge in [-0.2, -0.15) is 5.10 Å². The first kappa shape index (κ1) is 14.6. The summed E-state index contributed by atoms with van der Waals surface area (Å²) in [5.41, 5.74) is -0.0951. The topological polar surface area (TPSA) is 65.4 Å². The highest BCUT2D eigenvalue weighted by atomic mass is 16.6. The molecule has 0 saturated heterocycles. The molecule has 0 radical (unpaired) electrons. The highest BCUT2D eigenvalue weighted by Gasteiger charge is 2.20. The second-order valence-corrected chi connectivity index (χ2v) is 5.35. The Kier molecular flexibility index (Phi) is 4.39. The molecule has 0 bridgehead atoms. The molecule has 6 nitrogen and oxygen atoms in total. The average Bonchev–Trinajstić information content (AvgIpc) is 2.55. The van der Waals surface area contributed by atoms with E-state index in [0.29, 0.717) is 19.7 Å². The van der Waals surface area contributed by atoms with Gasteiger partial charge in [-0.15, -0.1) is 0 Å². The fourth-order valence-electron chi connectivity index (χ4n) is 2.34. The van der Waals surface area contributed by atoms with Crippen LogP contribution in [0.5, 0.6) is 11.5 Å². The summed E-state index contributed by atoms with van der Waals surface area (Å²) in [6, 6.07) is 10.9. The van der Waals surface area contributed by atoms with E-state index in [-0.39, 0.29) is 17.7 Å². The van der Waals surface area contributed by atoms with Crippen LogP contribution in [0.25, 0.3) is 0 Å². The lowest BCUT2D eigenvalue weighted by molar-refractivity contribution is 0.0879. The zero-order valence-electron chi connectivity index (χ0n) is 12.4. The van der Waals surface area contributed by atoms with Crippen molar-refractivity contribution in [3.63, 3.8) is 0 Å². The highest BCUT2D eigenvalue weighted by Crippen LogP contribution is 2.30. The number of nitrogens with one attached hydrogen (secondary N) is 1. The van der Waals surface area contributed by atoms with Crippen LogP contribution in [0.15, 0.2) is 47.4 Å². The van der Waals surface area contributed by atoms with E-state index >= 15 is 0 Å². The van der Waals surface area contributed by atoms with E-state index in [1.54, 1.807) is 12.3 Å². The molecule has 0 amide bonds. The van der Waals surface area contributed by atoms with Gasteiger partial charge in [0.1, 0.15) is 12.7 Å². The van der Waals surface area contributed by atoms with Crippen molar-refractivity contribution in [3.05, 3.63) is 52.9 Å². The Morgan fingerprint density at radius 3 is 2.95 bits per heavy atom.